The van der Waals surface area contributed by atoms with E-state index in [1.54, 1.807) is 7.11 Å². The van der Waals surface area contributed by atoms with Crippen molar-refractivity contribution in [2.45, 2.75) is 18.3 Å². The zero-order valence-corrected chi connectivity index (χ0v) is 12.6. The van der Waals surface area contributed by atoms with E-state index >= 15 is 0 Å². The van der Waals surface area contributed by atoms with Gasteiger partial charge in [-0.15, -0.1) is 0 Å². The monoisotopic (exact) mass is 289 g/mol. The Morgan fingerprint density at radius 1 is 1.14 bits per heavy atom. The molecule has 1 aromatic carbocycles. The summed E-state index contributed by atoms with van der Waals surface area (Å²) in [5.74, 6) is 1.74. The fourth-order valence-electron chi connectivity index (χ4n) is 3.06. The molecular weight excluding hydrogens is 266 g/mol. The largest absolute Gasteiger partial charge is 0.486 e. The van der Waals surface area contributed by atoms with Crippen molar-refractivity contribution in [1.82, 2.24) is 5.32 Å². The van der Waals surface area contributed by atoms with Crippen molar-refractivity contribution in [3.8, 4) is 11.5 Å². The third-order valence-corrected chi connectivity index (χ3v) is 4.28. The van der Waals surface area contributed by atoms with Crippen LogP contribution in [0.1, 0.15) is 18.4 Å². The molecule has 0 bridgehead atoms. The summed E-state index contributed by atoms with van der Waals surface area (Å²) in [4.78, 5) is 0. The van der Waals surface area contributed by atoms with Crippen LogP contribution in [0, 0.1) is 0 Å². The molecule has 0 unspecified atom stereocenters. The molecule has 0 amide bonds. The second-order valence-electron chi connectivity index (χ2n) is 5.69. The molecule has 0 fully saturated rings. The van der Waals surface area contributed by atoms with Gasteiger partial charge >= 0.3 is 0 Å². The van der Waals surface area contributed by atoms with Crippen LogP contribution in [0.25, 0.3) is 0 Å². The highest BCUT2D eigenvalue weighted by Crippen LogP contribution is 2.41. The summed E-state index contributed by atoms with van der Waals surface area (Å²) in [6.07, 6.45) is 6.67. The molecule has 1 aliphatic carbocycles. The number of ether oxygens (including phenoxy) is 3. The minimum absolute atomic E-state index is 0.129. The van der Waals surface area contributed by atoms with Crippen molar-refractivity contribution in [1.29, 1.82) is 0 Å². The van der Waals surface area contributed by atoms with Gasteiger partial charge in [0.25, 0.3) is 0 Å². The summed E-state index contributed by atoms with van der Waals surface area (Å²) in [5.41, 5.74) is 1.45. The molecule has 0 aromatic heterocycles. The van der Waals surface area contributed by atoms with Crippen LogP contribution < -0.4 is 14.8 Å². The van der Waals surface area contributed by atoms with Gasteiger partial charge in [0.2, 0.25) is 0 Å². The highest BCUT2D eigenvalue weighted by Gasteiger charge is 2.33. The molecule has 2 aliphatic rings. The molecule has 1 aromatic rings. The maximum absolute atomic E-state index is 5.73. The summed E-state index contributed by atoms with van der Waals surface area (Å²) in [6, 6.07) is 6.37. The molecule has 0 saturated carbocycles. The lowest BCUT2D eigenvalue weighted by atomic mass is 9.78. The van der Waals surface area contributed by atoms with Crippen LogP contribution in [0.2, 0.25) is 0 Å². The average Bonchev–Trinajstić information content (AvgIpc) is 3.01. The number of allylic oxidation sites excluding steroid dienone is 2. The molecule has 4 nitrogen and oxygen atoms in total. The Bertz CT molecular complexity index is 505. The maximum Gasteiger partial charge on any atom is 0.161 e. The first kappa shape index (κ1) is 14.4. The number of fused-ring (bicyclic) bond motifs is 1. The highest BCUT2D eigenvalue weighted by molar-refractivity contribution is 5.47. The molecule has 0 atom stereocenters. The average molecular weight is 289 g/mol. The molecular formula is C17H23NO3. The van der Waals surface area contributed by atoms with Crippen LogP contribution in [0.3, 0.4) is 0 Å². The molecule has 0 radical (unpaired) electrons. The number of nitrogens with one attached hydrogen (secondary N) is 1. The van der Waals surface area contributed by atoms with Crippen molar-refractivity contribution < 1.29 is 14.2 Å². The fraction of sp³-hybridized carbons (Fsp3) is 0.529. The summed E-state index contributed by atoms with van der Waals surface area (Å²) in [7, 11) is 1.73. The Balaban J connectivity index is 1.77. The van der Waals surface area contributed by atoms with Crippen molar-refractivity contribution in [3.05, 3.63) is 35.9 Å². The SMILES string of the molecule is COCCNCC1(c2ccc3c(c2)OCCO3)CC=CC1. The van der Waals surface area contributed by atoms with E-state index in [2.05, 4.69) is 29.6 Å². The number of rotatable bonds is 6. The molecule has 0 saturated heterocycles. The van der Waals surface area contributed by atoms with Gasteiger partial charge in [-0.1, -0.05) is 18.2 Å². The third kappa shape index (κ3) is 3.06. The van der Waals surface area contributed by atoms with Gasteiger partial charge in [0.15, 0.2) is 11.5 Å². The van der Waals surface area contributed by atoms with Crippen LogP contribution in [-0.2, 0) is 10.2 Å². The van der Waals surface area contributed by atoms with E-state index in [0.717, 1.165) is 44.0 Å². The topological polar surface area (TPSA) is 39.7 Å². The quantitative estimate of drug-likeness (QED) is 0.644. The first-order chi connectivity index (χ1) is 10.3. The second kappa shape index (κ2) is 6.50. The second-order valence-corrected chi connectivity index (χ2v) is 5.69. The molecule has 4 heteroatoms. The molecule has 3 rings (SSSR count). The Morgan fingerprint density at radius 3 is 2.67 bits per heavy atom. The van der Waals surface area contributed by atoms with Crippen LogP contribution >= 0.6 is 0 Å². The number of hydrogen-bond donors (Lipinski definition) is 1. The van der Waals surface area contributed by atoms with E-state index in [1.165, 1.54) is 5.56 Å². The van der Waals surface area contributed by atoms with Gasteiger partial charge in [0, 0.05) is 25.6 Å². The van der Waals surface area contributed by atoms with E-state index < -0.39 is 0 Å². The molecule has 1 heterocycles. The zero-order chi connectivity index (χ0) is 14.5. The number of hydrogen-bond acceptors (Lipinski definition) is 4. The third-order valence-electron chi connectivity index (χ3n) is 4.28. The smallest absolute Gasteiger partial charge is 0.161 e. The maximum atomic E-state index is 5.73. The molecule has 21 heavy (non-hydrogen) atoms. The van der Waals surface area contributed by atoms with Crippen molar-refractivity contribution >= 4 is 0 Å². The van der Waals surface area contributed by atoms with Gasteiger partial charge in [0.1, 0.15) is 13.2 Å². The van der Waals surface area contributed by atoms with E-state index in [-0.39, 0.29) is 5.41 Å². The van der Waals surface area contributed by atoms with Gasteiger partial charge in [-0.2, -0.15) is 0 Å². The van der Waals surface area contributed by atoms with Crippen molar-refractivity contribution in [2.75, 3.05) is 40.0 Å². The fourth-order valence-corrected chi connectivity index (χ4v) is 3.06. The Hall–Kier alpha value is -1.52. The predicted octanol–water partition coefficient (Wildman–Crippen LogP) is 2.28. The first-order valence-corrected chi connectivity index (χ1v) is 7.59. The lowest BCUT2D eigenvalue weighted by Gasteiger charge is -2.31. The van der Waals surface area contributed by atoms with Gasteiger partial charge in [-0.25, -0.2) is 0 Å². The lowest BCUT2D eigenvalue weighted by Crippen LogP contribution is -2.37. The highest BCUT2D eigenvalue weighted by atomic mass is 16.6. The molecule has 0 spiro atoms. The first-order valence-electron chi connectivity index (χ1n) is 7.59. The number of benzene rings is 1. The van der Waals surface area contributed by atoms with Crippen LogP contribution in [0.15, 0.2) is 30.4 Å². The Kier molecular flexibility index (Phi) is 4.46. The van der Waals surface area contributed by atoms with E-state index in [4.69, 9.17) is 14.2 Å². The van der Waals surface area contributed by atoms with E-state index in [0.29, 0.717) is 13.2 Å². The summed E-state index contributed by atoms with van der Waals surface area (Å²) in [5, 5.41) is 3.51. The van der Waals surface area contributed by atoms with Crippen LogP contribution in [0.5, 0.6) is 11.5 Å². The Labute approximate surface area is 126 Å². The lowest BCUT2D eigenvalue weighted by molar-refractivity contribution is 0.171. The van der Waals surface area contributed by atoms with Gasteiger partial charge in [0.05, 0.1) is 6.61 Å². The zero-order valence-electron chi connectivity index (χ0n) is 12.6. The summed E-state index contributed by atoms with van der Waals surface area (Å²) < 4.78 is 16.4. The molecule has 1 N–H and O–H groups in total. The minimum Gasteiger partial charge on any atom is -0.486 e. The summed E-state index contributed by atoms with van der Waals surface area (Å²) >= 11 is 0. The van der Waals surface area contributed by atoms with E-state index in [1.807, 2.05) is 6.07 Å². The van der Waals surface area contributed by atoms with Gasteiger partial charge < -0.3 is 19.5 Å². The van der Waals surface area contributed by atoms with Gasteiger partial charge in [-0.05, 0) is 30.5 Å². The van der Waals surface area contributed by atoms with Crippen LogP contribution in [-0.4, -0.2) is 40.0 Å². The normalized spacial score (nSPS) is 18.9. The molecule has 114 valence electrons. The van der Waals surface area contributed by atoms with Gasteiger partial charge in [-0.3, -0.25) is 0 Å². The van der Waals surface area contributed by atoms with E-state index in [9.17, 15) is 0 Å². The minimum atomic E-state index is 0.129. The standard InChI is InChI=1S/C17H23NO3/c1-19-9-8-18-13-17(6-2-3-7-17)14-4-5-15-16(12-14)21-11-10-20-15/h2-5,12,18H,6-11,13H2,1H3. The van der Waals surface area contributed by atoms with Crippen LogP contribution in [0.4, 0.5) is 0 Å². The van der Waals surface area contributed by atoms with Crippen molar-refractivity contribution in [2.24, 2.45) is 0 Å². The summed E-state index contributed by atoms with van der Waals surface area (Å²) in [6.45, 7) is 3.84. The Morgan fingerprint density at radius 2 is 1.90 bits per heavy atom. The number of methoxy groups -OCH3 is 1. The predicted molar refractivity (Wildman–Crippen MR) is 82.2 cm³/mol. The molecule has 1 aliphatic heterocycles. The van der Waals surface area contributed by atoms with Crippen molar-refractivity contribution in [3.63, 3.8) is 0 Å².